The summed E-state index contributed by atoms with van der Waals surface area (Å²) in [6, 6.07) is 11.0. The average molecular weight is 418 g/mol. The highest BCUT2D eigenvalue weighted by Gasteiger charge is 2.23. The molecule has 1 aliphatic heterocycles. The normalized spacial score (nSPS) is 14.2. The van der Waals surface area contributed by atoms with Crippen LogP contribution in [0.5, 0.6) is 17.2 Å². The van der Waals surface area contributed by atoms with E-state index in [9.17, 15) is 4.79 Å². The fourth-order valence-electron chi connectivity index (χ4n) is 2.55. The Balaban J connectivity index is 1.72. The Labute approximate surface area is 161 Å². The predicted octanol–water partition coefficient (Wildman–Crippen LogP) is 4.66. The second-order valence-corrected chi connectivity index (χ2v) is 7.25. The molecular weight excluding hydrogens is 398 g/mol. The van der Waals surface area contributed by atoms with Crippen LogP contribution in [0.15, 0.2) is 46.9 Å². The smallest absolute Gasteiger partial charge is 0.262 e. The molecule has 0 radical (unpaired) electrons. The number of benzene rings is 2. The molecule has 0 aliphatic carbocycles. The first-order valence-electron chi connectivity index (χ1n) is 8.15. The van der Waals surface area contributed by atoms with E-state index in [2.05, 4.69) is 21.2 Å². The van der Waals surface area contributed by atoms with E-state index >= 15 is 0 Å². The number of carbonyl (C=O) groups excluding carboxylic acids is 1. The van der Waals surface area contributed by atoms with Crippen LogP contribution in [0.3, 0.4) is 0 Å². The number of methoxy groups -OCH3 is 1. The zero-order chi connectivity index (χ0) is 18.7. The summed E-state index contributed by atoms with van der Waals surface area (Å²) in [6.07, 6.45) is 3.98. The molecule has 5 nitrogen and oxygen atoms in total. The molecule has 0 bridgehead atoms. The van der Waals surface area contributed by atoms with Crippen LogP contribution in [0.1, 0.15) is 19.4 Å². The number of fused-ring (bicyclic) bond motifs is 1. The summed E-state index contributed by atoms with van der Waals surface area (Å²) in [5.41, 5.74) is 1.20. The van der Waals surface area contributed by atoms with Gasteiger partial charge in [0.1, 0.15) is 11.4 Å². The molecule has 0 fully saturated rings. The van der Waals surface area contributed by atoms with Gasteiger partial charge in [-0.2, -0.15) is 0 Å². The summed E-state index contributed by atoms with van der Waals surface area (Å²) < 4.78 is 17.8. The Hall–Kier alpha value is -2.47. The van der Waals surface area contributed by atoms with Crippen LogP contribution in [0, 0.1) is 0 Å². The average Bonchev–Trinajstić information content (AvgIpc) is 2.60. The van der Waals surface area contributed by atoms with Gasteiger partial charge in [-0.05, 0) is 54.1 Å². The minimum atomic E-state index is -0.393. The van der Waals surface area contributed by atoms with Gasteiger partial charge in [0.05, 0.1) is 12.8 Å². The number of para-hydroxylation sites is 1. The number of hydrogen-bond acceptors (Lipinski definition) is 4. The maximum Gasteiger partial charge on any atom is 0.262 e. The molecule has 1 aliphatic rings. The standard InChI is InChI=1S/C20H20BrNO4/c1-20(2)9-8-13-10-17(24-3)18(11-16(13)26-20)25-12-19(23)22-15-7-5-4-6-14(15)21/h4-11H,12H2,1-3H3,(H,22,23). The number of rotatable bonds is 5. The van der Waals surface area contributed by atoms with Crippen molar-refractivity contribution in [2.75, 3.05) is 19.0 Å². The molecule has 0 saturated carbocycles. The number of amides is 1. The molecule has 0 atom stereocenters. The zero-order valence-corrected chi connectivity index (χ0v) is 16.4. The Morgan fingerprint density at radius 1 is 1.23 bits per heavy atom. The van der Waals surface area contributed by atoms with Gasteiger partial charge in [-0.3, -0.25) is 4.79 Å². The Bertz CT molecular complexity index is 861. The number of ether oxygens (including phenoxy) is 3. The van der Waals surface area contributed by atoms with Crippen molar-refractivity contribution in [3.8, 4) is 17.2 Å². The molecule has 136 valence electrons. The largest absolute Gasteiger partial charge is 0.493 e. The number of hydrogen-bond donors (Lipinski definition) is 1. The molecule has 0 aromatic heterocycles. The first-order valence-corrected chi connectivity index (χ1v) is 8.95. The van der Waals surface area contributed by atoms with E-state index < -0.39 is 5.60 Å². The molecule has 0 saturated heterocycles. The Kier molecular flexibility index (Phi) is 5.23. The maximum absolute atomic E-state index is 12.2. The SMILES string of the molecule is COc1cc2c(cc1OCC(=O)Nc1ccccc1Br)OC(C)(C)C=C2. The van der Waals surface area contributed by atoms with E-state index in [4.69, 9.17) is 14.2 Å². The Morgan fingerprint density at radius 2 is 2.00 bits per heavy atom. The first-order chi connectivity index (χ1) is 12.4. The molecular formula is C20H20BrNO4. The molecule has 0 spiro atoms. The van der Waals surface area contributed by atoms with Gasteiger partial charge in [0.2, 0.25) is 0 Å². The Morgan fingerprint density at radius 3 is 2.73 bits per heavy atom. The van der Waals surface area contributed by atoms with Crippen LogP contribution in [0.25, 0.3) is 6.08 Å². The fraction of sp³-hybridized carbons (Fsp3) is 0.250. The summed E-state index contributed by atoms with van der Waals surface area (Å²) in [5.74, 6) is 1.43. The third-order valence-corrected chi connectivity index (χ3v) is 4.53. The summed E-state index contributed by atoms with van der Waals surface area (Å²) in [4.78, 5) is 12.2. The van der Waals surface area contributed by atoms with Gasteiger partial charge in [-0.1, -0.05) is 18.2 Å². The van der Waals surface area contributed by atoms with Gasteiger partial charge in [0.15, 0.2) is 18.1 Å². The highest BCUT2D eigenvalue weighted by Crippen LogP contribution is 2.39. The summed E-state index contributed by atoms with van der Waals surface area (Å²) >= 11 is 3.40. The van der Waals surface area contributed by atoms with Crippen LogP contribution in [-0.2, 0) is 4.79 Å². The van der Waals surface area contributed by atoms with Crippen molar-refractivity contribution in [3.05, 3.63) is 52.5 Å². The van der Waals surface area contributed by atoms with E-state index in [-0.39, 0.29) is 12.5 Å². The predicted molar refractivity (Wildman–Crippen MR) is 105 cm³/mol. The fourth-order valence-corrected chi connectivity index (χ4v) is 2.93. The summed E-state index contributed by atoms with van der Waals surface area (Å²) in [6.45, 7) is 3.81. The first kappa shape index (κ1) is 18.3. The number of halogens is 1. The molecule has 0 unspecified atom stereocenters. The lowest BCUT2D eigenvalue weighted by atomic mass is 10.0. The lowest BCUT2D eigenvalue weighted by Crippen LogP contribution is -2.27. The van der Waals surface area contributed by atoms with Crippen LogP contribution < -0.4 is 19.5 Å². The zero-order valence-electron chi connectivity index (χ0n) is 14.8. The molecule has 6 heteroatoms. The van der Waals surface area contributed by atoms with Crippen LogP contribution in [0.2, 0.25) is 0 Å². The van der Waals surface area contributed by atoms with Crippen LogP contribution in [-0.4, -0.2) is 25.2 Å². The van der Waals surface area contributed by atoms with E-state index in [0.717, 1.165) is 10.0 Å². The van der Waals surface area contributed by atoms with Crippen molar-refractivity contribution in [2.45, 2.75) is 19.4 Å². The van der Waals surface area contributed by atoms with Crippen LogP contribution >= 0.6 is 15.9 Å². The molecule has 1 amide bonds. The van der Waals surface area contributed by atoms with E-state index in [1.54, 1.807) is 13.2 Å². The second-order valence-electron chi connectivity index (χ2n) is 6.40. The summed E-state index contributed by atoms with van der Waals surface area (Å²) in [7, 11) is 1.56. The van der Waals surface area contributed by atoms with Gasteiger partial charge < -0.3 is 19.5 Å². The molecule has 26 heavy (non-hydrogen) atoms. The van der Waals surface area contributed by atoms with Gasteiger partial charge in [0, 0.05) is 16.1 Å². The minimum Gasteiger partial charge on any atom is -0.493 e. The molecule has 3 rings (SSSR count). The molecule has 2 aromatic carbocycles. The third kappa shape index (κ3) is 4.19. The lowest BCUT2D eigenvalue weighted by molar-refractivity contribution is -0.118. The van der Waals surface area contributed by atoms with Crippen molar-refractivity contribution in [1.82, 2.24) is 0 Å². The highest BCUT2D eigenvalue weighted by atomic mass is 79.9. The van der Waals surface area contributed by atoms with Gasteiger partial charge in [-0.25, -0.2) is 0 Å². The monoisotopic (exact) mass is 417 g/mol. The van der Waals surface area contributed by atoms with Crippen molar-refractivity contribution >= 4 is 33.6 Å². The quantitative estimate of drug-likeness (QED) is 0.768. The van der Waals surface area contributed by atoms with Crippen LogP contribution in [0.4, 0.5) is 5.69 Å². The van der Waals surface area contributed by atoms with Gasteiger partial charge >= 0.3 is 0 Å². The molecule has 2 aromatic rings. The number of carbonyl (C=O) groups is 1. The lowest BCUT2D eigenvalue weighted by Gasteiger charge is -2.28. The molecule has 1 heterocycles. The minimum absolute atomic E-state index is 0.143. The van der Waals surface area contributed by atoms with Gasteiger partial charge in [0.25, 0.3) is 5.91 Å². The van der Waals surface area contributed by atoms with Crippen molar-refractivity contribution in [2.24, 2.45) is 0 Å². The van der Waals surface area contributed by atoms with Crippen molar-refractivity contribution < 1.29 is 19.0 Å². The third-order valence-electron chi connectivity index (χ3n) is 3.84. The number of nitrogens with one attached hydrogen (secondary N) is 1. The van der Waals surface area contributed by atoms with Crippen molar-refractivity contribution in [3.63, 3.8) is 0 Å². The van der Waals surface area contributed by atoms with E-state index in [1.165, 1.54) is 0 Å². The summed E-state index contributed by atoms with van der Waals surface area (Å²) in [5, 5.41) is 2.80. The molecule has 1 N–H and O–H groups in total. The highest BCUT2D eigenvalue weighted by molar-refractivity contribution is 9.10. The van der Waals surface area contributed by atoms with Gasteiger partial charge in [-0.15, -0.1) is 0 Å². The topological polar surface area (TPSA) is 56.8 Å². The second kappa shape index (κ2) is 7.41. The number of anilines is 1. The maximum atomic E-state index is 12.2. The van der Waals surface area contributed by atoms with Crippen molar-refractivity contribution in [1.29, 1.82) is 0 Å². The van der Waals surface area contributed by atoms with E-state index in [1.807, 2.05) is 56.3 Å². The van der Waals surface area contributed by atoms with E-state index in [0.29, 0.717) is 22.9 Å².